The summed E-state index contributed by atoms with van der Waals surface area (Å²) in [5.41, 5.74) is 0. The Morgan fingerprint density at radius 2 is 1.89 bits per heavy atom. The van der Waals surface area contributed by atoms with Crippen molar-refractivity contribution >= 4 is 17.8 Å². The summed E-state index contributed by atoms with van der Waals surface area (Å²) in [6.45, 7) is 3.25. The first kappa shape index (κ1) is 13.6. The number of allylic oxidation sites excluding steroid dienone is 1. The monoisotopic (exact) mass is 265 g/mol. The van der Waals surface area contributed by atoms with Crippen LogP contribution < -0.4 is 0 Å². The summed E-state index contributed by atoms with van der Waals surface area (Å²) in [6, 6.07) is -0.153. The van der Waals surface area contributed by atoms with E-state index in [1.54, 1.807) is 22.0 Å². The van der Waals surface area contributed by atoms with Gasteiger partial charge in [-0.05, 0) is 25.8 Å². The van der Waals surface area contributed by atoms with Gasteiger partial charge in [-0.15, -0.1) is 0 Å². The van der Waals surface area contributed by atoms with Crippen molar-refractivity contribution in [3.05, 3.63) is 12.2 Å². The van der Waals surface area contributed by atoms with Gasteiger partial charge in [-0.2, -0.15) is 0 Å². The highest BCUT2D eigenvalue weighted by Crippen LogP contribution is 2.21. The molecule has 6 nitrogen and oxygen atoms in total. The number of rotatable bonds is 2. The van der Waals surface area contributed by atoms with Crippen molar-refractivity contribution in [2.45, 2.75) is 25.8 Å². The molecule has 0 saturated carbocycles. The number of amides is 4. The van der Waals surface area contributed by atoms with E-state index >= 15 is 0 Å². The third-order valence-electron chi connectivity index (χ3n) is 3.74. The number of hydrogen-bond donors (Lipinski definition) is 0. The number of piperidine rings is 1. The van der Waals surface area contributed by atoms with Crippen LogP contribution in [0, 0.1) is 0 Å². The van der Waals surface area contributed by atoms with E-state index in [9.17, 15) is 14.4 Å². The van der Waals surface area contributed by atoms with Gasteiger partial charge < -0.3 is 9.80 Å². The summed E-state index contributed by atoms with van der Waals surface area (Å²) >= 11 is 0. The van der Waals surface area contributed by atoms with Crippen molar-refractivity contribution in [1.82, 2.24) is 14.7 Å². The van der Waals surface area contributed by atoms with Gasteiger partial charge in [0.05, 0.1) is 0 Å². The van der Waals surface area contributed by atoms with E-state index in [0.717, 1.165) is 17.7 Å². The lowest BCUT2D eigenvalue weighted by atomic mass is 10.0. The van der Waals surface area contributed by atoms with Gasteiger partial charge >= 0.3 is 6.03 Å². The van der Waals surface area contributed by atoms with Crippen molar-refractivity contribution in [1.29, 1.82) is 0 Å². The predicted octanol–water partition coefficient (Wildman–Crippen LogP) is 0.448. The number of urea groups is 1. The van der Waals surface area contributed by atoms with E-state index in [1.165, 1.54) is 7.05 Å². The number of imide groups is 1. The smallest absolute Gasteiger partial charge is 0.327 e. The number of nitrogens with zero attached hydrogens (tertiary/aromatic N) is 3. The van der Waals surface area contributed by atoms with Crippen LogP contribution in [-0.4, -0.2) is 65.3 Å². The maximum absolute atomic E-state index is 11.9. The van der Waals surface area contributed by atoms with Crippen molar-refractivity contribution in [3.8, 4) is 0 Å². The molecule has 0 aromatic heterocycles. The summed E-state index contributed by atoms with van der Waals surface area (Å²) in [7, 11) is 1.51. The molecule has 0 atom stereocenters. The molecule has 104 valence electrons. The minimum absolute atomic E-state index is 0.0156. The zero-order valence-electron chi connectivity index (χ0n) is 11.3. The van der Waals surface area contributed by atoms with E-state index in [2.05, 4.69) is 0 Å². The lowest BCUT2D eigenvalue weighted by molar-refractivity contribution is -0.128. The van der Waals surface area contributed by atoms with Crippen LogP contribution in [0.2, 0.25) is 0 Å². The van der Waals surface area contributed by atoms with Gasteiger partial charge in [-0.3, -0.25) is 14.5 Å². The molecule has 2 aliphatic heterocycles. The minimum Gasteiger partial charge on any atom is -0.339 e. The van der Waals surface area contributed by atoms with Crippen LogP contribution >= 0.6 is 0 Å². The topological polar surface area (TPSA) is 60.9 Å². The predicted molar refractivity (Wildman–Crippen MR) is 69.3 cm³/mol. The third-order valence-corrected chi connectivity index (χ3v) is 3.74. The number of likely N-dealkylation sites (N-methyl/N-ethyl adjacent to an activating group) is 1. The molecule has 2 fully saturated rings. The zero-order chi connectivity index (χ0) is 14.0. The second-order valence-electron chi connectivity index (χ2n) is 4.92. The Morgan fingerprint density at radius 1 is 1.26 bits per heavy atom. The van der Waals surface area contributed by atoms with Crippen molar-refractivity contribution in [2.24, 2.45) is 0 Å². The Morgan fingerprint density at radius 3 is 2.37 bits per heavy atom. The number of carbonyl (C=O) groups excluding carboxylic acids is 3. The maximum atomic E-state index is 11.9. The van der Waals surface area contributed by atoms with Crippen LogP contribution in [0.5, 0.6) is 0 Å². The summed E-state index contributed by atoms with van der Waals surface area (Å²) in [5.74, 6) is -0.140. The molecule has 2 rings (SSSR count). The largest absolute Gasteiger partial charge is 0.339 e. The Hall–Kier alpha value is -1.85. The summed E-state index contributed by atoms with van der Waals surface area (Å²) in [6.07, 6.45) is 4.75. The van der Waals surface area contributed by atoms with Gasteiger partial charge in [-0.25, -0.2) is 4.79 Å². The number of likely N-dealkylation sites (tertiary alicyclic amines) is 1. The lowest BCUT2D eigenvalue weighted by Crippen LogP contribution is -2.47. The van der Waals surface area contributed by atoms with Crippen LogP contribution in [0.3, 0.4) is 0 Å². The van der Waals surface area contributed by atoms with E-state index in [-0.39, 0.29) is 30.4 Å². The van der Waals surface area contributed by atoms with E-state index in [1.807, 2.05) is 6.92 Å². The fourth-order valence-corrected chi connectivity index (χ4v) is 2.55. The maximum Gasteiger partial charge on any atom is 0.327 e. The van der Waals surface area contributed by atoms with Gasteiger partial charge in [-0.1, -0.05) is 6.08 Å². The standard InChI is InChI=1S/C13H19N3O3/c1-3-4-11(17)15-7-5-10(6-8-15)16-9-12(18)14(2)13(16)19/h3-4,10H,5-9H2,1-2H3. The normalized spacial score (nSPS) is 21.9. The molecule has 0 bridgehead atoms. The molecule has 2 heterocycles. The molecule has 6 heteroatoms. The molecule has 4 amide bonds. The fourth-order valence-electron chi connectivity index (χ4n) is 2.55. The van der Waals surface area contributed by atoms with Gasteiger partial charge in [0.15, 0.2) is 0 Å². The molecule has 0 aromatic carbocycles. The number of carbonyl (C=O) groups is 3. The Bertz CT molecular complexity index is 425. The first-order valence-electron chi connectivity index (χ1n) is 6.53. The Labute approximate surface area is 112 Å². The molecular formula is C13H19N3O3. The summed E-state index contributed by atoms with van der Waals surface area (Å²) in [5, 5.41) is 0. The molecule has 0 N–H and O–H groups in total. The quantitative estimate of drug-likeness (QED) is 0.538. The first-order chi connectivity index (χ1) is 9.04. The highest BCUT2D eigenvalue weighted by molar-refractivity contribution is 6.01. The van der Waals surface area contributed by atoms with Gasteiger partial charge in [0.1, 0.15) is 6.54 Å². The van der Waals surface area contributed by atoms with Crippen LogP contribution in [0.25, 0.3) is 0 Å². The summed E-state index contributed by atoms with van der Waals surface area (Å²) in [4.78, 5) is 39.6. The third kappa shape index (κ3) is 2.62. The average Bonchev–Trinajstić information content (AvgIpc) is 2.67. The van der Waals surface area contributed by atoms with Crippen LogP contribution in [0.15, 0.2) is 12.2 Å². The molecule has 0 radical (unpaired) electrons. The molecule has 2 aliphatic rings. The SMILES string of the molecule is CC=CC(=O)N1CCC(N2CC(=O)N(C)C2=O)CC1. The van der Waals surface area contributed by atoms with E-state index < -0.39 is 0 Å². The molecule has 19 heavy (non-hydrogen) atoms. The molecule has 0 spiro atoms. The lowest BCUT2D eigenvalue weighted by Gasteiger charge is -2.35. The molecule has 2 saturated heterocycles. The first-order valence-corrected chi connectivity index (χ1v) is 6.53. The molecule has 0 aliphatic carbocycles. The fraction of sp³-hybridized carbons (Fsp3) is 0.615. The average molecular weight is 265 g/mol. The number of hydrogen-bond acceptors (Lipinski definition) is 3. The second-order valence-corrected chi connectivity index (χ2v) is 4.92. The van der Waals surface area contributed by atoms with Crippen molar-refractivity contribution in [3.63, 3.8) is 0 Å². The zero-order valence-corrected chi connectivity index (χ0v) is 11.3. The van der Waals surface area contributed by atoms with Crippen LogP contribution in [0.1, 0.15) is 19.8 Å². The molecule has 0 unspecified atom stereocenters. The Kier molecular flexibility index (Phi) is 3.87. The van der Waals surface area contributed by atoms with Crippen LogP contribution in [0.4, 0.5) is 4.79 Å². The highest BCUT2D eigenvalue weighted by atomic mass is 16.2. The van der Waals surface area contributed by atoms with Gasteiger partial charge in [0.25, 0.3) is 0 Å². The Balaban J connectivity index is 1.92. The minimum atomic E-state index is -0.219. The molecule has 0 aromatic rings. The van der Waals surface area contributed by atoms with Crippen molar-refractivity contribution < 1.29 is 14.4 Å². The van der Waals surface area contributed by atoms with Crippen molar-refractivity contribution in [2.75, 3.05) is 26.7 Å². The van der Waals surface area contributed by atoms with Gasteiger partial charge in [0, 0.05) is 26.2 Å². The van der Waals surface area contributed by atoms with Crippen LogP contribution in [-0.2, 0) is 9.59 Å². The highest BCUT2D eigenvalue weighted by Gasteiger charge is 2.38. The van der Waals surface area contributed by atoms with E-state index in [0.29, 0.717) is 13.1 Å². The molecular weight excluding hydrogens is 246 g/mol. The van der Waals surface area contributed by atoms with Gasteiger partial charge in [0.2, 0.25) is 11.8 Å². The van der Waals surface area contributed by atoms with E-state index in [4.69, 9.17) is 0 Å². The summed E-state index contributed by atoms with van der Waals surface area (Å²) < 4.78 is 0. The second kappa shape index (κ2) is 5.42.